The lowest BCUT2D eigenvalue weighted by Crippen LogP contribution is -2.50. The fourth-order valence-electron chi connectivity index (χ4n) is 7.94. The van der Waals surface area contributed by atoms with Gasteiger partial charge in [0.15, 0.2) is 0 Å². The minimum Gasteiger partial charge on any atom is -0.390 e. The number of aliphatic hydroxyl groups excluding tert-OH is 2. The van der Waals surface area contributed by atoms with Crippen LogP contribution in [0.3, 0.4) is 0 Å². The predicted octanol–water partition coefficient (Wildman–Crippen LogP) is 7.56. The Balaban J connectivity index is 0.000000221. The summed E-state index contributed by atoms with van der Waals surface area (Å²) in [5.41, 5.74) is 6.66. The molecule has 0 aromatic heterocycles. The second-order valence-electron chi connectivity index (χ2n) is 16.9. The number of anilines is 2. The molecular formula is C46H60Br2N6O4. The number of rotatable bonds is 14. The van der Waals surface area contributed by atoms with Gasteiger partial charge in [-0.1, -0.05) is 92.5 Å². The zero-order valence-electron chi connectivity index (χ0n) is 34.4. The molecule has 4 aromatic rings. The normalized spacial score (nSPS) is 19.6. The Kier molecular flexibility index (Phi) is 16.0. The molecular weight excluding hydrogens is 860 g/mol. The lowest BCUT2D eigenvalue weighted by Gasteiger charge is -2.40. The van der Waals surface area contributed by atoms with Crippen molar-refractivity contribution in [3.8, 4) is 0 Å². The number of aliphatic hydroxyl groups is 2. The summed E-state index contributed by atoms with van der Waals surface area (Å²) >= 11 is 7.12. The third-order valence-electron chi connectivity index (χ3n) is 10.6. The van der Waals surface area contributed by atoms with Crippen LogP contribution in [-0.2, 0) is 22.4 Å². The molecule has 312 valence electrons. The van der Waals surface area contributed by atoms with Crippen LogP contribution in [0.4, 0.5) is 11.4 Å². The van der Waals surface area contributed by atoms with Gasteiger partial charge in [0.1, 0.15) is 0 Å². The van der Waals surface area contributed by atoms with Gasteiger partial charge in [-0.3, -0.25) is 9.59 Å². The topological polar surface area (TPSA) is 147 Å². The summed E-state index contributed by atoms with van der Waals surface area (Å²) in [6.45, 7) is 12.5. The van der Waals surface area contributed by atoms with Crippen LogP contribution < -0.4 is 31.9 Å². The van der Waals surface area contributed by atoms with Gasteiger partial charge < -0.3 is 42.1 Å². The van der Waals surface area contributed by atoms with Crippen LogP contribution in [0.1, 0.15) is 88.7 Å². The van der Waals surface area contributed by atoms with E-state index in [4.69, 9.17) is 0 Å². The number of hydrogen-bond acceptors (Lipinski definition) is 8. The molecule has 0 saturated carbocycles. The molecule has 6 rings (SSSR count). The number of carbonyl (C=O) groups is 2. The van der Waals surface area contributed by atoms with E-state index in [1.165, 1.54) is 25.0 Å². The SMILES string of the molecule is CC(=O)N[C@@H](Cc1ccccc1)[C@H](O)CN[C@@H]1CC(C)(C)Nc2ccc(Br)cc21.CC(=O)N[C@@H](Cc1ccccc1)[C@H](O)CN[C@H]1CC(C)(C)Nc2ccc(Br)cc21. The Morgan fingerprint density at radius 1 is 0.638 bits per heavy atom. The van der Waals surface area contributed by atoms with Crippen molar-refractivity contribution >= 4 is 55.0 Å². The van der Waals surface area contributed by atoms with Crippen molar-refractivity contribution in [2.24, 2.45) is 0 Å². The Morgan fingerprint density at radius 2 is 1.00 bits per heavy atom. The van der Waals surface area contributed by atoms with Gasteiger partial charge in [-0.05, 0) is 112 Å². The van der Waals surface area contributed by atoms with Gasteiger partial charge in [0.2, 0.25) is 11.8 Å². The molecule has 0 bridgehead atoms. The van der Waals surface area contributed by atoms with Gasteiger partial charge in [-0.2, -0.15) is 0 Å². The van der Waals surface area contributed by atoms with Crippen LogP contribution in [0, 0.1) is 0 Å². The van der Waals surface area contributed by atoms with Crippen LogP contribution in [0.25, 0.3) is 0 Å². The quantitative estimate of drug-likeness (QED) is 0.0647. The van der Waals surface area contributed by atoms with E-state index in [1.54, 1.807) is 0 Å². The number of amides is 2. The summed E-state index contributed by atoms with van der Waals surface area (Å²) in [5.74, 6) is -0.274. The van der Waals surface area contributed by atoms with E-state index in [2.05, 4.69) is 116 Å². The zero-order chi connectivity index (χ0) is 42.0. The maximum Gasteiger partial charge on any atom is 0.217 e. The van der Waals surface area contributed by atoms with Crippen molar-refractivity contribution in [3.63, 3.8) is 0 Å². The Hall–Kier alpha value is -3.78. The molecule has 2 aliphatic rings. The molecule has 2 amide bonds. The van der Waals surface area contributed by atoms with Gasteiger partial charge in [0, 0.05) is 70.4 Å². The molecule has 12 heteroatoms. The second kappa shape index (κ2) is 20.5. The third-order valence-corrected chi connectivity index (χ3v) is 11.6. The Labute approximate surface area is 361 Å². The minimum absolute atomic E-state index is 0.0511. The van der Waals surface area contributed by atoms with E-state index in [9.17, 15) is 19.8 Å². The first-order valence-corrected chi connectivity index (χ1v) is 21.7. The molecule has 0 spiro atoms. The highest BCUT2D eigenvalue weighted by Crippen LogP contribution is 2.40. The van der Waals surface area contributed by atoms with Crippen molar-refractivity contribution in [3.05, 3.63) is 128 Å². The molecule has 0 fully saturated rings. The first kappa shape index (κ1) is 45.3. The van der Waals surface area contributed by atoms with Gasteiger partial charge in [0.05, 0.1) is 24.3 Å². The fraction of sp³-hybridized carbons (Fsp3) is 0.435. The summed E-state index contributed by atoms with van der Waals surface area (Å²) in [7, 11) is 0. The minimum atomic E-state index is -0.701. The summed E-state index contributed by atoms with van der Waals surface area (Å²) in [6.07, 6.45) is 1.56. The van der Waals surface area contributed by atoms with Gasteiger partial charge in [0.25, 0.3) is 0 Å². The number of hydrogen-bond donors (Lipinski definition) is 8. The standard InChI is InChI=1S/2C23H30BrN3O2/c2*1-15(28)26-20(11-16-7-5-4-6-8-16)22(29)14-25-21-13-23(2,3)27-19-10-9-17(24)12-18(19)21/h2*4-10,12,20-22,25,27,29H,11,13-14H2,1-3H3,(H,26,28)/t20-,21+,22+;20-,21-,22+/m00/s1. The Bertz CT molecular complexity index is 1820. The van der Waals surface area contributed by atoms with E-state index in [-0.39, 0.29) is 47.1 Å². The summed E-state index contributed by atoms with van der Waals surface area (Å²) in [5, 5.41) is 41.8. The van der Waals surface area contributed by atoms with Crippen molar-refractivity contribution in [2.75, 3.05) is 23.7 Å². The van der Waals surface area contributed by atoms with Crippen LogP contribution >= 0.6 is 31.9 Å². The number of benzene rings is 4. The summed E-state index contributed by atoms with van der Waals surface area (Å²) < 4.78 is 2.07. The highest BCUT2D eigenvalue weighted by Gasteiger charge is 2.34. The van der Waals surface area contributed by atoms with Gasteiger partial charge in [-0.25, -0.2) is 0 Å². The van der Waals surface area contributed by atoms with Crippen molar-refractivity contribution in [1.29, 1.82) is 0 Å². The van der Waals surface area contributed by atoms with Crippen LogP contribution in [0.15, 0.2) is 106 Å². The molecule has 0 radical (unpaired) electrons. The average molecular weight is 921 g/mol. The number of fused-ring (bicyclic) bond motifs is 2. The predicted molar refractivity (Wildman–Crippen MR) is 242 cm³/mol. The van der Waals surface area contributed by atoms with E-state index < -0.39 is 12.2 Å². The maximum absolute atomic E-state index is 11.7. The van der Waals surface area contributed by atoms with Crippen molar-refractivity contribution < 1.29 is 19.8 Å². The van der Waals surface area contributed by atoms with Crippen LogP contribution in [0.2, 0.25) is 0 Å². The van der Waals surface area contributed by atoms with Gasteiger partial charge >= 0.3 is 0 Å². The molecule has 0 unspecified atom stereocenters. The molecule has 2 aliphatic heterocycles. The molecule has 6 atom stereocenters. The zero-order valence-corrected chi connectivity index (χ0v) is 37.6. The summed E-state index contributed by atoms with van der Waals surface area (Å²) in [6, 6.07) is 31.9. The van der Waals surface area contributed by atoms with E-state index in [0.29, 0.717) is 25.9 Å². The summed E-state index contributed by atoms with van der Waals surface area (Å²) in [4.78, 5) is 23.4. The monoisotopic (exact) mass is 918 g/mol. The molecule has 0 aliphatic carbocycles. The lowest BCUT2D eigenvalue weighted by molar-refractivity contribution is -0.121. The number of carbonyl (C=O) groups excluding carboxylic acids is 2. The van der Waals surface area contributed by atoms with E-state index in [0.717, 1.165) is 44.3 Å². The molecule has 10 nitrogen and oxygen atoms in total. The van der Waals surface area contributed by atoms with Gasteiger partial charge in [-0.15, -0.1) is 0 Å². The first-order valence-electron chi connectivity index (χ1n) is 20.1. The first-order chi connectivity index (χ1) is 27.5. The number of halogens is 2. The molecule has 8 N–H and O–H groups in total. The molecule has 58 heavy (non-hydrogen) atoms. The lowest BCUT2D eigenvalue weighted by atomic mass is 9.85. The second-order valence-corrected chi connectivity index (χ2v) is 18.8. The average Bonchev–Trinajstić information content (AvgIpc) is 3.16. The highest BCUT2D eigenvalue weighted by atomic mass is 79.9. The van der Waals surface area contributed by atoms with Crippen molar-refractivity contribution in [1.82, 2.24) is 21.3 Å². The highest BCUT2D eigenvalue weighted by molar-refractivity contribution is 9.10. The van der Waals surface area contributed by atoms with E-state index >= 15 is 0 Å². The number of nitrogens with one attached hydrogen (secondary N) is 6. The fourth-order valence-corrected chi connectivity index (χ4v) is 8.70. The molecule has 0 saturated heterocycles. The Morgan fingerprint density at radius 3 is 1.34 bits per heavy atom. The third kappa shape index (κ3) is 13.6. The van der Waals surface area contributed by atoms with Crippen molar-refractivity contribution in [2.45, 2.75) is 115 Å². The molecule has 2 heterocycles. The van der Waals surface area contributed by atoms with Crippen LogP contribution in [0.5, 0.6) is 0 Å². The van der Waals surface area contributed by atoms with Crippen LogP contribution in [-0.4, -0.2) is 70.5 Å². The smallest absolute Gasteiger partial charge is 0.217 e. The molecule has 4 aromatic carbocycles. The maximum atomic E-state index is 11.7. The van der Waals surface area contributed by atoms with E-state index in [1.807, 2.05) is 72.8 Å². The largest absolute Gasteiger partial charge is 0.390 e.